The first-order chi connectivity index (χ1) is 12.0. The Morgan fingerprint density at radius 2 is 1.88 bits per heavy atom. The molecule has 0 aliphatic carbocycles. The number of hydrogen-bond acceptors (Lipinski definition) is 3. The molecule has 134 valence electrons. The summed E-state index contributed by atoms with van der Waals surface area (Å²) >= 11 is 7.02. The molecule has 0 unspecified atom stereocenters. The van der Waals surface area contributed by atoms with Crippen LogP contribution in [0, 0.1) is 0 Å². The molecule has 0 amide bonds. The summed E-state index contributed by atoms with van der Waals surface area (Å²) in [5.74, 6) is -0.0878. The van der Waals surface area contributed by atoms with E-state index >= 15 is 0 Å². The number of aryl methyl sites for hydroxylation is 1. The third kappa shape index (κ3) is 6.36. The van der Waals surface area contributed by atoms with Gasteiger partial charge in [0.1, 0.15) is 12.4 Å². The molecule has 0 saturated carbocycles. The van der Waals surface area contributed by atoms with Gasteiger partial charge in [-0.1, -0.05) is 19.1 Å². The maximum atomic E-state index is 10.7. The molecule has 0 radical (unpaired) electrons. The van der Waals surface area contributed by atoms with Gasteiger partial charge >= 0.3 is 5.97 Å². The van der Waals surface area contributed by atoms with E-state index in [0.29, 0.717) is 18.8 Å². The highest BCUT2D eigenvalue weighted by molar-refractivity contribution is 9.11. The van der Waals surface area contributed by atoms with Crippen molar-refractivity contribution in [1.82, 2.24) is 0 Å². The van der Waals surface area contributed by atoms with Gasteiger partial charge in [0.2, 0.25) is 0 Å². The number of hydrogen-bond donors (Lipinski definition) is 2. The normalized spacial score (nSPS) is 10.5. The van der Waals surface area contributed by atoms with Crippen LogP contribution >= 0.6 is 31.9 Å². The molecule has 0 aromatic heterocycles. The maximum absolute atomic E-state index is 10.7. The zero-order valence-electron chi connectivity index (χ0n) is 14.0. The van der Waals surface area contributed by atoms with Crippen LogP contribution in [0.1, 0.15) is 30.9 Å². The third-order valence-corrected chi connectivity index (χ3v) is 4.75. The monoisotopic (exact) mass is 469 g/mol. The molecule has 4 nitrogen and oxygen atoms in total. The van der Waals surface area contributed by atoms with Gasteiger partial charge in [0.25, 0.3) is 0 Å². The molecule has 0 aliphatic rings. The average molecular weight is 471 g/mol. The van der Waals surface area contributed by atoms with Crippen molar-refractivity contribution in [3.8, 4) is 5.75 Å². The molecule has 6 heteroatoms. The lowest BCUT2D eigenvalue weighted by atomic mass is 10.1. The number of halogens is 2. The van der Waals surface area contributed by atoms with Gasteiger partial charge in [-0.3, -0.25) is 4.79 Å². The van der Waals surface area contributed by atoms with Gasteiger partial charge in [-0.05, 0) is 80.1 Å². The van der Waals surface area contributed by atoms with E-state index in [2.05, 4.69) is 50.2 Å². The summed E-state index contributed by atoms with van der Waals surface area (Å²) in [5.41, 5.74) is 3.11. The van der Waals surface area contributed by atoms with Crippen molar-refractivity contribution >= 4 is 43.5 Å². The van der Waals surface area contributed by atoms with Gasteiger partial charge < -0.3 is 15.2 Å². The van der Waals surface area contributed by atoms with E-state index in [-0.39, 0.29) is 6.42 Å². The number of rotatable bonds is 9. The molecular weight excluding hydrogens is 450 g/mol. The largest absolute Gasteiger partial charge is 0.487 e. The van der Waals surface area contributed by atoms with Crippen LogP contribution in [0.5, 0.6) is 5.75 Å². The lowest BCUT2D eigenvalue weighted by Gasteiger charge is -2.13. The fourth-order valence-corrected chi connectivity index (χ4v) is 3.85. The number of carboxylic acid groups (broad SMARTS) is 1. The van der Waals surface area contributed by atoms with Crippen molar-refractivity contribution < 1.29 is 14.6 Å². The van der Waals surface area contributed by atoms with Crippen LogP contribution < -0.4 is 10.1 Å². The predicted molar refractivity (Wildman–Crippen MR) is 107 cm³/mol. The Balaban J connectivity index is 2.04. The molecule has 0 heterocycles. The minimum absolute atomic E-state index is 0.108. The van der Waals surface area contributed by atoms with Gasteiger partial charge in [0.05, 0.1) is 8.95 Å². The summed E-state index contributed by atoms with van der Waals surface area (Å²) in [5, 5.41) is 12.2. The van der Waals surface area contributed by atoms with Crippen LogP contribution in [0.2, 0.25) is 0 Å². The Hall–Kier alpha value is -1.53. The van der Waals surface area contributed by atoms with Gasteiger partial charge in [0, 0.05) is 18.7 Å². The summed E-state index contributed by atoms with van der Waals surface area (Å²) in [6.07, 6.45) is 1.67. The van der Waals surface area contributed by atoms with Crippen molar-refractivity contribution in [3.63, 3.8) is 0 Å². The van der Waals surface area contributed by atoms with Crippen LogP contribution in [0.3, 0.4) is 0 Å². The van der Waals surface area contributed by atoms with Crippen molar-refractivity contribution in [3.05, 3.63) is 56.5 Å². The first-order valence-corrected chi connectivity index (χ1v) is 9.73. The fourth-order valence-electron chi connectivity index (χ4n) is 2.34. The number of benzene rings is 2. The second-order valence-electron chi connectivity index (χ2n) is 5.70. The Morgan fingerprint density at radius 1 is 1.16 bits per heavy atom. The van der Waals surface area contributed by atoms with Crippen molar-refractivity contribution in [2.45, 2.75) is 32.8 Å². The van der Waals surface area contributed by atoms with Crippen LogP contribution in [-0.4, -0.2) is 17.6 Å². The first kappa shape index (κ1) is 19.8. The molecule has 0 spiro atoms. The highest BCUT2D eigenvalue weighted by Gasteiger charge is 2.10. The van der Waals surface area contributed by atoms with Crippen LogP contribution in [0.15, 0.2) is 45.3 Å². The zero-order chi connectivity index (χ0) is 18.2. The Labute approximate surface area is 164 Å². The minimum Gasteiger partial charge on any atom is -0.487 e. The smallest absolute Gasteiger partial charge is 0.303 e. The zero-order valence-corrected chi connectivity index (χ0v) is 17.2. The van der Waals surface area contributed by atoms with Crippen LogP contribution in [0.4, 0.5) is 5.69 Å². The summed E-state index contributed by atoms with van der Waals surface area (Å²) in [6.45, 7) is 3.53. The highest BCUT2D eigenvalue weighted by Crippen LogP contribution is 2.35. The minimum atomic E-state index is -0.802. The summed E-state index contributed by atoms with van der Waals surface area (Å²) in [4.78, 5) is 10.7. The maximum Gasteiger partial charge on any atom is 0.303 e. The number of ether oxygens (including phenoxy) is 1. The van der Waals surface area contributed by atoms with Gasteiger partial charge in [-0.15, -0.1) is 0 Å². The van der Waals surface area contributed by atoms with Crippen molar-refractivity contribution in [2.24, 2.45) is 0 Å². The van der Waals surface area contributed by atoms with Crippen LogP contribution in [-0.2, 0) is 17.8 Å². The number of carbonyl (C=O) groups is 1. The summed E-state index contributed by atoms with van der Waals surface area (Å²) in [7, 11) is 0. The molecular formula is C19H21Br2NO3. The average Bonchev–Trinajstić information content (AvgIpc) is 2.58. The predicted octanol–water partition coefficient (Wildman–Crippen LogP) is 5.63. The Morgan fingerprint density at radius 3 is 2.52 bits per heavy atom. The van der Waals surface area contributed by atoms with E-state index in [9.17, 15) is 4.79 Å². The molecule has 0 atom stereocenters. The number of carboxylic acids is 1. The van der Waals surface area contributed by atoms with Crippen molar-refractivity contribution in [2.75, 3.05) is 11.9 Å². The standard InChI is InChI=1S/C19H21Br2NO3/c1-2-8-22-15-5-3-4-14(9-15)12-25-19-16(20)10-13(11-17(19)21)6-7-18(23)24/h3-5,9-11,22H,2,6-8,12H2,1H3,(H,23,24). The van der Waals surface area contributed by atoms with E-state index in [1.165, 1.54) is 0 Å². The summed E-state index contributed by atoms with van der Waals surface area (Å²) < 4.78 is 7.57. The molecule has 0 bridgehead atoms. The molecule has 25 heavy (non-hydrogen) atoms. The van der Waals surface area contributed by atoms with E-state index in [0.717, 1.165) is 38.7 Å². The van der Waals surface area contributed by atoms with E-state index < -0.39 is 5.97 Å². The SMILES string of the molecule is CCCNc1cccc(COc2c(Br)cc(CCC(=O)O)cc2Br)c1. The fraction of sp³-hybridized carbons (Fsp3) is 0.316. The topological polar surface area (TPSA) is 58.6 Å². The number of nitrogens with one attached hydrogen (secondary N) is 1. The number of aliphatic carboxylic acids is 1. The molecule has 2 rings (SSSR count). The van der Waals surface area contributed by atoms with E-state index in [1.807, 2.05) is 30.3 Å². The summed E-state index contributed by atoms with van der Waals surface area (Å²) in [6, 6.07) is 12.0. The molecule has 2 N–H and O–H groups in total. The lowest BCUT2D eigenvalue weighted by Crippen LogP contribution is -2.02. The molecule has 2 aromatic carbocycles. The Kier molecular flexibility index (Phi) is 7.78. The van der Waals surface area contributed by atoms with Crippen LogP contribution in [0.25, 0.3) is 0 Å². The number of anilines is 1. The van der Waals surface area contributed by atoms with Gasteiger partial charge in [-0.25, -0.2) is 0 Å². The van der Waals surface area contributed by atoms with Crippen molar-refractivity contribution in [1.29, 1.82) is 0 Å². The Bertz CT molecular complexity index is 711. The molecule has 2 aromatic rings. The molecule has 0 fully saturated rings. The highest BCUT2D eigenvalue weighted by atomic mass is 79.9. The molecule has 0 aliphatic heterocycles. The second kappa shape index (κ2) is 9.82. The first-order valence-electron chi connectivity index (χ1n) is 8.15. The molecule has 0 saturated heterocycles. The van der Waals surface area contributed by atoms with Gasteiger partial charge in [-0.2, -0.15) is 0 Å². The lowest BCUT2D eigenvalue weighted by molar-refractivity contribution is -0.136. The van der Waals surface area contributed by atoms with E-state index in [4.69, 9.17) is 9.84 Å². The van der Waals surface area contributed by atoms with E-state index in [1.54, 1.807) is 0 Å². The van der Waals surface area contributed by atoms with Gasteiger partial charge in [0.15, 0.2) is 0 Å². The third-order valence-electron chi connectivity index (χ3n) is 3.57. The quantitative estimate of drug-likeness (QED) is 0.498. The second-order valence-corrected chi connectivity index (χ2v) is 7.41.